The van der Waals surface area contributed by atoms with Crippen LogP contribution in [0.4, 0.5) is 4.39 Å². The number of aryl methyl sites for hydroxylation is 1. The number of nitrogens with one attached hydrogen (secondary N) is 1. The number of carbonyl (C=O) groups is 1. The lowest BCUT2D eigenvalue weighted by molar-refractivity contribution is -0.122. The molecule has 0 saturated carbocycles. The van der Waals surface area contributed by atoms with Gasteiger partial charge in [-0.15, -0.1) is 0 Å². The number of carbonyl (C=O) groups excluding carboxylic acids is 1. The molecule has 0 bridgehead atoms. The lowest BCUT2D eigenvalue weighted by atomic mass is 9.93. The molecule has 1 amide bonds. The normalized spacial score (nSPS) is 11.8. The summed E-state index contributed by atoms with van der Waals surface area (Å²) in [6.07, 6.45) is 2.17. The van der Waals surface area contributed by atoms with Gasteiger partial charge < -0.3 is 5.32 Å². The minimum atomic E-state index is -0.422. The summed E-state index contributed by atoms with van der Waals surface area (Å²) in [4.78, 5) is 17.2. The van der Waals surface area contributed by atoms with Gasteiger partial charge in [0.25, 0.3) is 0 Å². The fourth-order valence-corrected chi connectivity index (χ4v) is 2.90. The summed E-state index contributed by atoms with van der Waals surface area (Å²) in [6, 6.07) is 19.7. The van der Waals surface area contributed by atoms with E-state index in [0.29, 0.717) is 13.0 Å². The molecule has 0 spiro atoms. The summed E-state index contributed by atoms with van der Waals surface area (Å²) in [5.74, 6) is -0.828. The SMILES string of the molecule is Cc1ccccc1CNC(=O)C(Cc1ccccn1)c1ccc(F)cc1. The first kappa shape index (κ1) is 17.8. The average molecular weight is 348 g/mol. The summed E-state index contributed by atoms with van der Waals surface area (Å²) in [5.41, 5.74) is 3.82. The Balaban J connectivity index is 1.78. The number of benzene rings is 2. The van der Waals surface area contributed by atoms with Gasteiger partial charge in [-0.25, -0.2) is 4.39 Å². The van der Waals surface area contributed by atoms with Crippen LogP contribution in [0.3, 0.4) is 0 Å². The van der Waals surface area contributed by atoms with Crippen molar-refractivity contribution < 1.29 is 9.18 Å². The fourth-order valence-electron chi connectivity index (χ4n) is 2.90. The standard InChI is InChI=1S/C22H21FN2O/c1-16-6-2-3-7-18(16)15-25-22(26)21(14-20-8-4-5-13-24-20)17-9-11-19(23)12-10-17/h2-13,21H,14-15H2,1H3,(H,25,26). The molecular weight excluding hydrogens is 327 g/mol. The molecule has 2 aromatic carbocycles. The van der Waals surface area contributed by atoms with Gasteiger partial charge in [0.15, 0.2) is 0 Å². The zero-order chi connectivity index (χ0) is 18.4. The molecule has 0 aliphatic rings. The lowest BCUT2D eigenvalue weighted by Gasteiger charge is -2.18. The first-order valence-electron chi connectivity index (χ1n) is 8.61. The van der Waals surface area contributed by atoms with Gasteiger partial charge in [-0.2, -0.15) is 0 Å². The number of hydrogen-bond acceptors (Lipinski definition) is 2. The van der Waals surface area contributed by atoms with Gasteiger partial charge >= 0.3 is 0 Å². The van der Waals surface area contributed by atoms with E-state index in [0.717, 1.165) is 22.4 Å². The molecule has 132 valence electrons. The smallest absolute Gasteiger partial charge is 0.228 e. The van der Waals surface area contributed by atoms with Gasteiger partial charge in [0.1, 0.15) is 5.82 Å². The molecule has 0 radical (unpaired) electrons. The summed E-state index contributed by atoms with van der Waals surface area (Å²) >= 11 is 0. The Kier molecular flexibility index (Phi) is 5.74. The summed E-state index contributed by atoms with van der Waals surface area (Å²) in [7, 11) is 0. The van der Waals surface area contributed by atoms with Gasteiger partial charge in [0, 0.05) is 24.9 Å². The van der Waals surface area contributed by atoms with Gasteiger partial charge in [0.05, 0.1) is 5.92 Å². The molecule has 3 aromatic rings. The van der Waals surface area contributed by atoms with Gasteiger partial charge in [-0.05, 0) is 47.9 Å². The van der Waals surface area contributed by atoms with Crippen molar-refractivity contribution in [1.82, 2.24) is 10.3 Å². The second kappa shape index (κ2) is 8.39. The highest BCUT2D eigenvalue weighted by molar-refractivity contribution is 5.84. The maximum absolute atomic E-state index is 13.3. The molecular formula is C22H21FN2O. The van der Waals surface area contributed by atoms with E-state index in [1.807, 2.05) is 49.4 Å². The van der Waals surface area contributed by atoms with Crippen LogP contribution in [-0.4, -0.2) is 10.9 Å². The molecule has 1 aromatic heterocycles. The van der Waals surface area contributed by atoms with Crippen LogP contribution in [0.5, 0.6) is 0 Å². The number of rotatable bonds is 6. The van der Waals surface area contributed by atoms with Crippen molar-refractivity contribution in [2.24, 2.45) is 0 Å². The minimum Gasteiger partial charge on any atom is -0.351 e. The van der Waals surface area contributed by atoms with E-state index in [1.165, 1.54) is 12.1 Å². The molecule has 26 heavy (non-hydrogen) atoms. The molecule has 3 rings (SSSR count). The molecule has 0 saturated heterocycles. The number of aromatic nitrogens is 1. The molecule has 1 N–H and O–H groups in total. The number of hydrogen-bond donors (Lipinski definition) is 1. The lowest BCUT2D eigenvalue weighted by Crippen LogP contribution is -2.30. The van der Waals surface area contributed by atoms with Gasteiger partial charge in [-0.1, -0.05) is 42.5 Å². The third-order valence-corrected chi connectivity index (χ3v) is 4.44. The fraction of sp³-hybridized carbons (Fsp3) is 0.182. The number of nitrogens with zero attached hydrogens (tertiary/aromatic N) is 1. The van der Waals surface area contributed by atoms with Crippen molar-refractivity contribution in [2.45, 2.75) is 25.8 Å². The van der Waals surface area contributed by atoms with Crippen molar-refractivity contribution in [2.75, 3.05) is 0 Å². The number of pyridine rings is 1. The monoisotopic (exact) mass is 348 g/mol. The largest absolute Gasteiger partial charge is 0.351 e. The quantitative estimate of drug-likeness (QED) is 0.726. The third kappa shape index (κ3) is 4.54. The zero-order valence-corrected chi connectivity index (χ0v) is 14.7. The molecule has 4 heteroatoms. The first-order valence-corrected chi connectivity index (χ1v) is 8.61. The van der Waals surface area contributed by atoms with Crippen molar-refractivity contribution in [3.63, 3.8) is 0 Å². The maximum Gasteiger partial charge on any atom is 0.228 e. The van der Waals surface area contributed by atoms with Crippen molar-refractivity contribution in [3.05, 3.63) is 101 Å². The highest BCUT2D eigenvalue weighted by Gasteiger charge is 2.21. The molecule has 0 aliphatic heterocycles. The van der Waals surface area contributed by atoms with E-state index in [1.54, 1.807) is 18.3 Å². The summed E-state index contributed by atoms with van der Waals surface area (Å²) in [5, 5.41) is 3.01. The molecule has 1 atom stereocenters. The minimum absolute atomic E-state index is 0.0921. The molecule has 0 fully saturated rings. The van der Waals surface area contributed by atoms with Gasteiger partial charge in [0.2, 0.25) is 5.91 Å². The summed E-state index contributed by atoms with van der Waals surface area (Å²) in [6.45, 7) is 2.48. The van der Waals surface area contributed by atoms with E-state index in [4.69, 9.17) is 0 Å². The Morgan fingerprint density at radius 1 is 1.04 bits per heavy atom. The van der Waals surface area contributed by atoms with Crippen LogP contribution >= 0.6 is 0 Å². The third-order valence-electron chi connectivity index (χ3n) is 4.44. The number of halogens is 1. The van der Waals surface area contributed by atoms with E-state index in [2.05, 4.69) is 10.3 Å². The van der Waals surface area contributed by atoms with E-state index < -0.39 is 5.92 Å². The second-order valence-electron chi connectivity index (χ2n) is 6.27. The van der Waals surface area contributed by atoms with Crippen LogP contribution in [0.1, 0.15) is 28.3 Å². The zero-order valence-electron chi connectivity index (χ0n) is 14.7. The Hall–Kier alpha value is -3.01. The van der Waals surface area contributed by atoms with Crippen LogP contribution in [0, 0.1) is 12.7 Å². The Morgan fingerprint density at radius 3 is 2.46 bits per heavy atom. The van der Waals surface area contributed by atoms with Crippen LogP contribution in [0.15, 0.2) is 72.9 Å². The molecule has 1 unspecified atom stereocenters. The first-order chi connectivity index (χ1) is 12.6. The molecule has 1 heterocycles. The average Bonchev–Trinajstić information content (AvgIpc) is 2.67. The van der Waals surface area contributed by atoms with E-state index in [9.17, 15) is 9.18 Å². The predicted molar refractivity (Wildman–Crippen MR) is 100 cm³/mol. The van der Waals surface area contributed by atoms with Gasteiger partial charge in [-0.3, -0.25) is 9.78 Å². The van der Waals surface area contributed by atoms with Crippen molar-refractivity contribution in [1.29, 1.82) is 0 Å². The maximum atomic E-state index is 13.3. The highest BCUT2D eigenvalue weighted by Crippen LogP contribution is 2.21. The Morgan fingerprint density at radius 2 is 1.77 bits per heavy atom. The second-order valence-corrected chi connectivity index (χ2v) is 6.27. The van der Waals surface area contributed by atoms with Crippen LogP contribution < -0.4 is 5.32 Å². The van der Waals surface area contributed by atoms with E-state index in [-0.39, 0.29) is 11.7 Å². The Bertz CT molecular complexity index is 863. The highest BCUT2D eigenvalue weighted by atomic mass is 19.1. The topological polar surface area (TPSA) is 42.0 Å². The summed E-state index contributed by atoms with van der Waals surface area (Å²) < 4.78 is 13.3. The molecule has 3 nitrogen and oxygen atoms in total. The number of amides is 1. The van der Waals surface area contributed by atoms with Crippen LogP contribution in [-0.2, 0) is 17.8 Å². The Labute approximate surface area is 152 Å². The van der Waals surface area contributed by atoms with Crippen LogP contribution in [0.2, 0.25) is 0 Å². The molecule has 0 aliphatic carbocycles. The van der Waals surface area contributed by atoms with Crippen LogP contribution in [0.25, 0.3) is 0 Å². The van der Waals surface area contributed by atoms with Crippen molar-refractivity contribution in [3.8, 4) is 0 Å². The predicted octanol–water partition coefficient (Wildman–Crippen LogP) is 4.17. The van der Waals surface area contributed by atoms with Crippen molar-refractivity contribution >= 4 is 5.91 Å². The van der Waals surface area contributed by atoms with E-state index >= 15 is 0 Å².